The number of ether oxygens (including phenoxy) is 1. The molecule has 0 atom stereocenters. The summed E-state index contributed by atoms with van der Waals surface area (Å²) in [6, 6.07) is 5.80. The summed E-state index contributed by atoms with van der Waals surface area (Å²) in [6.45, 7) is 5.14. The van der Waals surface area contributed by atoms with E-state index in [9.17, 15) is 0 Å². The molecule has 1 rings (SSSR count). The molecule has 0 saturated heterocycles. The van der Waals surface area contributed by atoms with Gasteiger partial charge in [-0.25, -0.2) is 0 Å². The van der Waals surface area contributed by atoms with Gasteiger partial charge in [0.15, 0.2) is 0 Å². The third-order valence-electron chi connectivity index (χ3n) is 2.58. The molecule has 16 heavy (non-hydrogen) atoms. The number of benzene rings is 1. The molecule has 4 heteroatoms. The lowest BCUT2D eigenvalue weighted by atomic mass is 9.84. The highest BCUT2D eigenvalue weighted by molar-refractivity contribution is 7.80. The van der Waals surface area contributed by atoms with Crippen molar-refractivity contribution in [3.8, 4) is 5.75 Å². The van der Waals surface area contributed by atoms with Crippen LogP contribution < -0.4 is 10.1 Å². The standard InChI is InChI=1S/C12H18ClNOS/c1-12(2,7-14-8-16)10-5-4-9(15-3)6-11(10)13/h4-6,14,16H,7-8H2,1-3H3. The molecule has 1 aromatic rings. The molecule has 0 aliphatic carbocycles. The second-order valence-electron chi connectivity index (χ2n) is 4.31. The third kappa shape index (κ3) is 3.30. The van der Waals surface area contributed by atoms with E-state index in [1.165, 1.54) is 0 Å². The third-order valence-corrected chi connectivity index (χ3v) is 3.12. The minimum Gasteiger partial charge on any atom is -0.497 e. The topological polar surface area (TPSA) is 21.3 Å². The van der Waals surface area contributed by atoms with Crippen molar-refractivity contribution >= 4 is 24.2 Å². The fraction of sp³-hybridized carbons (Fsp3) is 0.500. The van der Waals surface area contributed by atoms with Gasteiger partial charge >= 0.3 is 0 Å². The summed E-state index contributed by atoms with van der Waals surface area (Å²) in [7, 11) is 1.64. The van der Waals surface area contributed by atoms with Gasteiger partial charge in [-0.1, -0.05) is 31.5 Å². The molecule has 2 nitrogen and oxygen atoms in total. The van der Waals surface area contributed by atoms with Crippen LogP contribution in [0.2, 0.25) is 5.02 Å². The first-order chi connectivity index (χ1) is 7.51. The van der Waals surface area contributed by atoms with Crippen LogP contribution in [0, 0.1) is 0 Å². The summed E-state index contributed by atoms with van der Waals surface area (Å²) in [4.78, 5) is 0. The van der Waals surface area contributed by atoms with Gasteiger partial charge in [-0.3, -0.25) is 0 Å². The van der Waals surface area contributed by atoms with Crippen LogP contribution in [0.15, 0.2) is 18.2 Å². The molecule has 0 saturated carbocycles. The van der Waals surface area contributed by atoms with Crippen LogP contribution in [0.1, 0.15) is 19.4 Å². The van der Waals surface area contributed by atoms with Gasteiger partial charge in [0, 0.05) is 22.9 Å². The van der Waals surface area contributed by atoms with Crippen LogP contribution in [-0.4, -0.2) is 19.5 Å². The van der Waals surface area contributed by atoms with Gasteiger partial charge in [0.05, 0.1) is 7.11 Å². The maximum absolute atomic E-state index is 6.24. The van der Waals surface area contributed by atoms with Crippen molar-refractivity contribution in [3.63, 3.8) is 0 Å². The Hall–Kier alpha value is -0.380. The van der Waals surface area contributed by atoms with Gasteiger partial charge in [0.2, 0.25) is 0 Å². The summed E-state index contributed by atoms with van der Waals surface area (Å²) < 4.78 is 5.13. The van der Waals surface area contributed by atoms with Crippen LogP contribution in [0.5, 0.6) is 5.75 Å². The predicted molar refractivity (Wildman–Crippen MR) is 72.9 cm³/mol. The van der Waals surface area contributed by atoms with Gasteiger partial charge in [0.1, 0.15) is 5.75 Å². The zero-order valence-electron chi connectivity index (χ0n) is 9.88. The normalized spacial score (nSPS) is 11.6. The highest BCUT2D eigenvalue weighted by atomic mass is 35.5. The second kappa shape index (κ2) is 5.80. The van der Waals surface area contributed by atoms with Crippen molar-refractivity contribution in [3.05, 3.63) is 28.8 Å². The van der Waals surface area contributed by atoms with Gasteiger partial charge in [-0.2, -0.15) is 12.6 Å². The average Bonchev–Trinajstić information content (AvgIpc) is 2.25. The summed E-state index contributed by atoms with van der Waals surface area (Å²) in [5.74, 6) is 1.45. The van der Waals surface area contributed by atoms with E-state index in [2.05, 4.69) is 31.8 Å². The van der Waals surface area contributed by atoms with E-state index in [4.69, 9.17) is 16.3 Å². The Morgan fingerprint density at radius 3 is 2.62 bits per heavy atom. The summed E-state index contributed by atoms with van der Waals surface area (Å²) in [5.41, 5.74) is 1.09. The van der Waals surface area contributed by atoms with E-state index in [1.54, 1.807) is 7.11 Å². The molecular weight excluding hydrogens is 242 g/mol. The Morgan fingerprint density at radius 1 is 1.44 bits per heavy atom. The maximum atomic E-state index is 6.24. The number of rotatable bonds is 5. The van der Waals surface area contributed by atoms with Gasteiger partial charge < -0.3 is 10.1 Å². The Morgan fingerprint density at radius 2 is 2.12 bits per heavy atom. The van der Waals surface area contributed by atoms with Crippen LogP contribution in [0.25, 0.3) is 0 Å². The van der Waals surface area contributed by atoms with Crippen molar-refractivity contribution in [2.75, 3.05) is 19.5 Å². The first-order valence-corrected chi connectivity index (χ1v) is 6.18. The smallest absolute Gasteiger partial charge is 0.120 e. The summed E-state index contributed by atoms with van der Waals surface area (Å²) in [6.07, 6.45) is 0. The van der Waals surface area contributed by atoms with Crippen molar-refractivity contribution in [2.24, 2.45) is 0 Å². The molecule has 0 unspecified atom stereocenters. The zero-order valence-corrected chi connectivity index (χ0v) is 11.5. The highest BCUT2D eigenvalue weighted by Gasteiger charge is 2.22. The summed E-state index contributed by atoms with van der Waals surface area (Å²) in [5, 5.41) is 3.96. The lowest BCUT2D eigenvalue weighted by Crippen LogP contribution is -2.32. The Bertz CT molecular complexity index is 355. The van der Waals surface area contributed by atoms with Gasteiger partial charge in [-0.05, 0) is 17.7 Å². The molecule has 0 aromatic heterocycles. The van der Waals surface area contributed by atoms with Crippen LogP contribution in [0.3, 0.4) is 0 Å². The quantitative estimate of drug-likeness (QED) is 0.626. The number of thiol groups is 1. The predicted octanol–water partition coefficient (Wildman–Crippen LogP) is 3.10. The zero-order chi connectivity index (χ0) is 12.2. The molecule has 0 aliphatic rings. The second-order valence-corrected chi connectivity index (χ2v) is 5.04. The van der Waals surface area contributed by atoms with Gasteiger partial charge in [0.25, 0.3) is 0 Å². The molecule has 0 amide bonds. The monoisotopic (exact) mass is 259 g/mol. The number of hydrogen-bond donors (Lipinski definition) is 2. The lowest BCUT2D eigenvalue weighted by Gasteiger charge is -2.26. The van der Waals surface area contributed by atoms with E-state index in [0.717, 1.165) is 22.9 Å². The highest BCUT2D eigenvalue weighted by Crippen LogP contribution is 2.32. The van der Waals surface area contributed by atoms with E-state index in [1.807, 2.05) is 18.2 Å². The first-order valence-electron chi connectivity index (χ1n) is 5.17. The van der Waals surface area contributed by atoms with E-state index < -0.39 is 0 Å². The SMILES string of the molecule is COc1ccc(C(C)(C)CNCS)c(Cl)c1. The van der Waals surface area contributed by atoms with Crippen molar-refractivity contribution in [2.45, 2.75) is 19.3 Å². The molecule has 0 radical (unpaired) electrons. The number of methoxy groups -OCH3 is 1. The van der Waals surface area contributed by atoms with E-state index in [-0.39, 0.29) is 5.41 Å². The van der Waals surface area contributed by atoms with Crippen LogP contribution >= 0.6 is 24.2 Å². The molecule has 0 fully saturated rings. The molecule has 0 aliphatic heterocycles. The molecule has 0 spiro atoms. The number of nitrogens with one attached hydrogen (secondary N) is 1. The molecule has 0 bridgehead atoms. The summed E-state index contributed by atoms with van der Waals surface area (Å²) >= 11 is 10.4. The fourth-order valence-corrected chi connectivity index (χ4v) is 2.17. The average molecular weight is 260 g/mol. The molecule has 1 N–H and O–H groups in total. The minimum absolute atomic E-state index is 0.0217. The minimum atomic E-state index is -0.0217. The number of hydrogen-bond acceptors (Lipinski definition) is 3. The van der Waals surface area contributed by atoms with E-state index >= 15 is 0 Å². The first kappa shape index (κ1) is 13.7. The lowest BCUT2D eigenvalue weighted by molar-refractivity contribution is 0.413. The van der Waals surface area contributed by atoms with Gasteiger partial charge in [-0.15, -0.1) is 0 Å². The Kier molecular flexibility index (Phi) is 4.96. The van der Waals surface area contributed by atoms with Crippen LogP contribution in [-0.2, 0) is 5.41 Å². The van der Waals surface area contributed by atoms with Crippen molar-refractivity contribution in [1.82, 2.24) is 5.32 Å². The van der Waals surface area contributed by atoms with Crippen molar-refractivity contribution in [1.29, 1.82) is 0 Å². The van der Waals surface area contributed by atoms with Crippen molar-refractivity contribution < 1.29 is 4.74 Å². The molecule has 90 valence electrons. The molecule has 1 aromatic carbocycles. The fourth-order valence-electron chi connectivity index (χ4n) is 1.64. The molecular formula is C12H18ClNOS. The Labute approximate surface area is 108 Å². The Balaban J connectivity index is 2.94. The maximum Gasteiger partial charge on any atom is 0.120 e. The largest absolute Gasteiger partial charge is 0.497 e. The van der Waals surface area contributed by atoms with E-state index in [0.29, 0.717) is 5.88 Å². The van der Waals surface area contributed by atoms with Crippen LogP contribution in [0.4, 0.5) is 0 Å². The molecule has 0 heterocycles. The number of halogens is 1.